The molecule has 0 spiro atoms. The van der Waals surface area contributed by atoms with E-state index in [9.17, 15) is 20.0 Å². The Kier molecular flexibility index (Phi) is 6.67. The Hall–Kier alpha value is -4.08. The zero-order valence-electron chi connectivity index (χ0n) is 17.6. The summed E-state index contributed by atoms with van der Waals surface area (Å²) in [5.41, 5.74) is 1.82. The van der Waals surface area contributed by atoms with E-state index in [1.807, 2.05) is 0 Å². The van der Waals surface area contributed by atoms with E-state index in [0.29, 0.717) is 32.7 Å². The molecule has 170 valence electrons. The fourth-order valence-corrected chi connectivity index (χ4v) is 3.97. The lowest BCUT2D eigenvalue weighted by atomic mass is 9.85. The topological polar surface area (TPSA) is 118 Å². The number of nitro benzene ring substituents is 1. The number of hydrogen-bond donors (Lipinski definition) is 2. The van der Waals surface area contributed by atoms with Gasteiger partial charge in [0.2, 0.25) is 0 Å². The predicted molar refractivity (Wildman–Crippen MR) is 130 cm³/mol. The Labute approximate surface area is 202 Å². The number of amides is 1. The summed E-state index contributed by atoms with van der Waals surface area (Å²) in [6.45, 7) is 0. The van der Waals surface area contributed by atoms with Crippen molar-refractivity contribution < 1.29 is 19.2 Å². The van der Waals surface area contributed by atoms with Gasteiger partial charge < -0.3 is 9.52 Å². The second-order valence-electron chi connectivity index (χ2n) is 7.26. The summed E-state index contributed by atoms with van der Waals surface area (Å²) >= 11 is 3.32. The number of halogens is 1. The molecule has 0 aliphatic carbocycles. The maximum atomic E-state index is 13.0. The summed E-state index contributed by atoms with van der Waals surface area (Å²) in [6.07, 6.45) is 1.30. The summed E-state index contributed by atoms with van der Waals surface area (Å²) < 4.78 is 6.23. The lowest BCUT2D eigenvalue weighted by Gasteiger charge is -2.26. The summed E-state index contributed by atoms with van der Waals surface area (Å²) in [7, 11) is 0. The zero-order chi connectivity index (χ0) is 24.1. The van der Waals surface area contributed by atoms with Crippen LogP contribution in [0.4, 0.5) is 5.69 Å². The average Bonchev–Trinajstić information content (AvgIpc) is 3.33. The van der Waals surface area contributed by atoms with Gasteiger partial charge in [-0.3, -0.25) is 14.9 Å². The zero-order valence-corrected chi connectivity index (χ0v) is 19.2. The van der Waals surface area contributed by atoms with Crippen LogP contribution in [0.1, 0.15) is 16.9 Å². The second-order valence-corrected chi connectivity index (χ2v) is 8.12. The molecule has 1 heterocycles. The first-order valence-corrected chi connectivity index (χ1v) is 10.9. The van der Waals surface area contributed by atoms with Gasteiger partial charge in [-0.2, -0.15) is 5.10 Å². The number of carbonyl (C=O) groups excluding carboxylic acids is 1. The third-order valence-corrected chi connectivity index (χ3v) is 5.78. The van der Waals surface area contributed by atoms with Crippen LogP contribution < -0.4 is 5.43 Å². The molecule has 4 aromatic rings. The first-order chi connectivity index (χ1) is 16.4. The predicted octanol–water partition coefficient (Wildman–Crippen LogP) is 5.00. The van der Waals surface area contributed by atoms with Crippen molar-refractivity contribution in [3.63, 3.8) is 0 Å². The Morgan fingerprint density at radius 2 is 1.62 bits per heavy atom. The van der Waals surface area contributed by atoms with E-state index < -0.39 is 16.4 Å². The van der Waals surface area contributed by atoms with Crippen molar-refractivity contribution in [3.8, 4) is 11.3 Å². The lowest BCUT2D eigenvalue weighted by Crippen LogP contribution is -2.43. The number of nitrogens with one attached hydrogen (secondary N) is 1. The molecule has 0 aliphatic heterocycles. The highest BCUT2D eigenvalue weighted by molar-refractivity contribution is 9.10. The Morgan fingerprint density at radius 1 is 1.00 bits per heavy atom. The molecular formula is C25H18BrN3O5. The highest BCUT2D eigenvalue weighted by atomic mass is 79.9. The molecular weight excluding hydrogens is 502 g/mol. The Balaban J connectivity index is 1.54. The van der Waals surface area contributed by atoms with Gasteiger partial charge in [0.05, 0.1) is 11.1 Å². The van der Waals surface area contributed by atoms with Crippen LogP contribution in [-0.4, -0.2) is 22.2 Å². The molecule has 0 radical (unpaired) electrons. The third-order valence-electron chi connectivity index (χ3n) is 5.13. The van der Waals surface area contributed by atoms with Gasteiger partial charge in [-0.25, -0.2) is 5.43 Å². The van der Waals surface area contributed by atoms with Gasteiger partial charge in [-0.15, -0.1) is 0 Å². The maximum absolute atomic E-state index is 13.0. The van der Waals surface area contributed by atoms with Gasteiger partial charge in [0, 0.05) is 22.2 Å². The summed E-state index contributed by atoms with van der Waals surface area (Å²) in [5.74, 6) is 0.0641. The van der Waals surface area contributed by atoms with Crippen molar-refractivity contribution in [1.82, 2.24) is 5.43 Å². The SMILES string of the molecule is O=C(N/N=C/c1ccc(-c2ccc([N+](=O)[O-])cc2Br)o1)C(O)(c1ccccc1)c1ccccc1. The van der Waals surface area contributed by atoms with Gasteiger partial charge in [-0.05, 0) is 45.3 Å². The molecule has 0 unspecified atom stereocenters. The van der Waals surface area contributed by atoms with Gasteiger partial charge in [0.15, 0.2) is 5.60 Å². The molecule has 2 N–H and O–H groups in total. The fraction of sp³-hybridized carbons (Fsp3) is 0.0400. The maximum Gasteiger partial charge on any atom is 0.281 e. The summed E-state index contributed by atoms with van der Waals surface area (Å²) in [6, 6.07) is 24.9. The molecule has 0 bridgehead atoms. The first-order valence-electron chi connectivity index (χ1n) is 10.1. The molecule has 9 heteroatoms. The Bertz CT molecular complexity index is 1310. The number of rotatable bonds is 7. The van der Waals surface area contributed by atoms with Crippen LogP contribution in [0.3, 0.4) is 0 Å². The highest BCUT2D eigenvalue weighted by Crippen LogP contribution is 2.32. The fourth-order valence-electron chi connectivity index (χ4n) is 3.41. The summed E-state index contributed by atoms with van der Waals surface area (Å²) in [4.78, 5) is 23.5. The normalized spacial score (nSPS) is 11.5. The largest absolute Gasteiger partial charge is 0.455 e. The van der Waals surface area contributed by atoms with Gasteiger partial charge in [0.1, 0.15) is 11.5 Å². The van der Waals surface area contributed by atoms with Gasteiger partial charge in [0.25, 0.3) is 11.6 Å². The van der Waals surface area contributed by atoms with Crippen LogP contribution in [0.25, 0.3) is 11.3 Å². The number of non-ortho nitro benzene ring substituents is 1. The minimum absolute atomic E-state index is 0.0454. The lowest BCUT2D eigenvalue weighted by molar-refractivity contribution is -0.384. The molecule has 0 aliphatic rings. The van der Waals surface area contributed by atoms with Crippen LogP contribution in [-0.2, 0) is 10.4 Å². The molecule has 34 heavy (non-hydrogen) atoms. The number of hydrogen-bond acceptors (Lipinski definition) is 6. The smallest absolute Gasteiger partial charge is 0.281 e. The van der Waals surface area contributed by atoms with E-state index in [4.69, 9.17) is 4.42 Å². The Morgan fingerprint density at radius 3 is 2.18 bits per heavy atom. The van der Waals surface area contributed by atoms with E-state index in [0.717, 1.165) is 0 Å². The van der Waals surface area contributed by atoms with E-state index in [1.165, 1.54) is 18.3 Å². The molecule has 0 saturated heterocycles. The molecule has 3 aromatic carbocycles. The van der Waals surface area contributed by atoms with E-state index in [2.05, 4.69) is 26.5 Å². The van der Waals surface area contributed by atoms with Gasteiger partial charge in [-0.1, -0.05) is 60.7 Å². The van der Waals surface area contributed by atoms with Gasteiger partial charge >= 0.3 is 0 Å². The van der Waals surface area contributed by atoms with Crippen molar-refractivity contribution in [2.75, 3.05) is 0 Å². The minimum Gasteiger partial charge on any atom is -0.455 e. The first kappa shape index (κ1) is 23.1. The van der Waals surface area contributed by atoms with Crippen molar-refractivity contribution in [2.45, 2.75) is 5.60 Å². The number of aliphatic hydroxyl groups is 1. The van der Waals surface area contributed by atoms with Crippen molar-refractivity contribution in [1.29, 1.82) is 0 Å². The molecule has 0 atom stereocenters. The number of nitrogens with zero attached hydrogens (tertiary/aromatic N) is 2. The second kappa shape index (κ2) is 9.82. The van der Waals surface area contributed by atoms with Crippen LogP contribution in [0, 0.1) is 10.1 Å². The molecule has 1 amide bonds. The number of nitro groups is 1. The van der Waals surface area contributed by atoms with E-state index >= 15 is 0 Å². The van der Waals surface area contributed by atoms with E-state index in [1.54, 1.807) is 78.9 Å². The monoisotopic (exact) mass is 519 g/mol. The van der Waals surface area contributed by atoms with Crippen molar-refractivity contribution >= 4 is 33.7 Å². The van der Waals surface area contributed by atoms with Crippen LogP contribution in [0.15, 0.2) is 105 Å². The van der Waals surface area contributed by atoms with Crippen LogP contribution in [0.5, 0.6) is 0 Å². The van der Waals surface area contributed by atoms with Crippen LogP contribution in [0.2, 0.25) is 0 Å². The van der Waals surface area contributed by atoms with Crippen LogP contribution >= 0.6 is 15.9 Å². The number of hydrazone groups is 1. The average molecular weight is 520 g/mol. The van der Waals surface area contributed by atoms with Crippen molar-refractivity contribution in [3.05, 3.63) is 122 Å². The number of benzene rings is 3. The summed E-state index contributed by atoms with van der Waals surface area (Å²) in [5, 5.41) is 26.3. The number of carbonyl (C=O) groups is 1. The number of furan rings is 1. The molecule has 0 fully saturated rings. The molecule has 1 aromatic heterocycles. The quantitative estimate of drug-likeness (QED) is 0.202. The molecule has 8 nitrogen and oxygen atoms in total. The minimum atomic E-state index is -1.95. The highest BCUT2D eigenvalue weighted by Gasteiger charge is 2.39. The third kappa shape index (κ3) is 4.66. The van der Waals surface area contributed by atoms with Crippen molar-refractivity contribution in [2.24, 2.45) is 5.10 Å². The van der Waals surface area contributed by atoms with E-state index in [-0.39, 0.29) is 5.69 Å². The molecule has 4 rings (SSSR count). The molecule has 0 saturated carbocycles. The standard InChI is InChI=1S/C25H18BrN3O5/c26-22-15-19(29(32)33)11-13-21(22)23-14-12-20(34-23)16-27-28-24(30)25(31,17-7-3-1-4-8-17)18-9-5-2-6-10-18/h1-16,31H,(H,28,30)/b27-16+.